The summed E-state index contributed by atoms with van der Waals surface area (Å²) in [5.74, 6) is 0.687. The molecule has 3 rings (SSSR count). The number of hydrogen-bond donors (Lipinski definition) is 0. The van der Waals surface area contributed by atoms with E-state index in [9.17, 15) is 10.1 Å². The second kappa shape index (κ2) is 7.62. The van der Waals surface area contributed by atoms with Gasteiger partial charge in [-0.05, 0) is 35.2 Å². The summed E-state index contributed by atoms with van der Waals surface area (Å²) in [6, 6.07) is 23.4. The van der Waals surface area contributed by atoms with E-state index in [1.54, 1.807) is 6.07 Å². The average Bonchev–Trinajstić information content (AvgIpc) is 2.64. The van der Waals surface area contributed by atoms with Crippen LogP contribution in [0.3, 0.4) is 0 Å². The van der Waals surface area contributed by atoms with Gasteiger partial charge in [0.25, 0.3) is 5.69 Å². The second-order valence-corrected chi connectivity index (χ2v) is 5.87. The number of non-ortho nitro benzene ring substituents is 1. The molecule has 0 aromatic heterocycles. The maximum Gasteiger partial charge on any atom is 0.269 e. The summed E-state index contributed by atoms with van der Waals surface area (Å²) in [5.41, 5.74) is 4.44. The third-order valence-corrected chi connectivity index (χ3v) is 4.08. The molecule has 3 aromatic rings. The van der Waals surface area contributed by atoms with Gasteiger partial charge in [-0.1, -0.05) is 54.6 Å². The summed E-state index contributed by atoms with van der Waals surface area (Å²) >= 11 is 0. The molecule has 0 fully saturated rings. The predicted octanol–water partition coefficient (Wildman–Crippen LogP) is 5.19. The van der Waals surface area contributed by atoms with Crippen molar-refractivity contribution in [3.05, 3.63) is 94.0 Å². The van der Waals surface area contributed by atoms with Crippen molar-refractivity contribution in [2.24, 2.45) is 0 Å². The van der Waals surface area contributed by atoms with Gasteiger partial charge >= 0.3 is 0 Å². The first kappa shape index (κ1) is 16.7. The van der Waals surface area contributed by atoms with Gasteiger partial charge in [-0.15, -0.1) is 0 Å². The summed E-state index contributed by atoms with van der Waals surface area (Å²) in [6.45, 7) is 2.35. The minimum absolute atomic E-state index is 0.0846. The van der Waals surface area contributed by atoms with Crippen LogP contribution < -0.4 is 4.74 Å². The molecule has 4 nitrogen and oxygen atoms in total. The van der Waals surface area contributed by atoms with Crippen LogP contribution in [-0.4, -0.2) is 11.5 Å². The van der Waals surface area contributed by atoms with E-state index in [0.717, 1.165) is 12.0 Å². The number of nitro benzene ring substituents is 1. The molecule has 25 heavy (non-hydrogen) atoms. The molecule has 126 valence electrons. The average molecular weight is 333 g/mol. The lowest BCUT2D eigenvalue weighted by atomic mass is 10.0. The Morgan fingerprint density at radius 3 is 2.24 bits per heavy atom. The lowest BCUT2D eigenvalue weighted by Crippen LogP contribution is -2.02. The maximum absolute atomic E-state index is 10.8. The van der Waals surface area contributed by atoms with Crippen molar-refractivity contribution in [3.63, 3.8) is 0 Å². The van der Waals surface area contributed by atoms with E-state index in [4.69, 9.17) is 4.74 Å². The standard InChI is InChI=1S/C21H19NO3/c1-16-15-20(22(23)24)11-12-21(16)25-14-13-17-7-9-19(10-8-17)18-5-3-2-4-6-18/h2-12,15H,13-14H2,1H3. The molecule has 0 amide bonds. The molecular formula is C21H19NO3. The number of nitrogens with zero attached hydrogens (tertiary/aromatic N) is 1. The summed E-state index contributed by atoms with van der Waals surface area (Å²) in [7, 11) is 0. The molecular weight excluding hydrogens is 314 g/mol. The molecule has 0 saturated carbocycles. The third-order valence-electron chi connectivity index (χ3n) is 4.08. The first-order valence-electron chi connectivity index (χ1n) is 8.16. The Morgan fingerprint density at radius 1 is 0.920 bits per heavy atom. The van der Waals surface area contributed by atoms with Crippen molar-refractivity contribution in [3.8, 4) is 16.9 Å². The summed E-state index contributed by atoms with van der Waals surface area (Å²) in [6.07, 6.45) is 0.783. The van der Waals surface area contributed by atoms with E-state index in [2.05, 4.69) is 36.4 Å². The van der Waals surface area contributed by atoms with Crippen LogP contribution in [0.15, 0.2) is 72.8 Å². The Morgan fingerprint density at radius 2 is 1.60 bits per heavy atom. The van der Waals surface area contributed by atoms with Crippen LogP contribution >= 0.6 is 0 Å². The molecule has 0 aliphatic carbocycles. The molecule has 0 aliphatic rings. The minimum Gasteiger partial charge on any atom is -0.493 e. The lowest BCUT2D eigenvalue weighted by Gasteiger charge is -2.09. The first-order valence-corrected chi connectivity index (χ1v) is 8.16. The highest BCUT2D eigenvalue weighted by Gasteiger charge is 2.08. The molecule has 0 atom stereocenters. The van der Waals surface area contributed by atoms with E-state index in [0.29, 0.717) is 12.4 Å². The van der Waals surface area contributed by atoms with Crippen molar-refractivity contribution in [2.45, 2.75) is 13.3 Å². The zero-order valence-electron chi connectivity index (χ0n) is 14.0. The Hall–Kier alpha value is -3.14. The number of aryl methyl sites for hydroxylation is 1. The van der Waals surface area contributed by atoms with Gasteiger partial charge in [0.05, 0.1) is 11.5 Å². The Balaban J connectivity index is 1.58. The van der Waals surface area contributed by atoms with Gasteiger partial charge in [0, 0.05) is 18.6 Å². The third kappa shape index (κ3) is 4.23. The van der Waals surface area contributed by atoms with E-state index in [1.807, 2.05) is 25.1 Å². The quantitative estimate of drug-likeness (QED) is 0.460. The normalized spacial score (nSPS) is 10.4. The molecule has 0 saturated heterocycles. The van der Waals surface area contributed by atoms with Gasteiger partial charge in [0.1, 0.15) is 5.75 Å². The largest absolute Gasteiger partial charge is 0.493 e. The van der Waals surface area contributed by atoms with E-state index in [-0.39, 0.29) is 5.69 Å². The van der Waals surface area contributed by atoms with Crippen molar-refractivity contribution >= 4 is 5.69 Å². The molecule has 0 spiro atoms. The Bertz CT molecular complexity index is 858. The molecule has 0 bridgehead atoms. The minimum atomic E-state index is -0.398. The predicted molar refractivity (Wildman–Crippen MR) is 98.9 cm³/mol. The molecule has 3 aromatic carbocycles. The number of ether oxygens (including phenoxy) is 1. The topological polar surface area (TPSA) is 52.4 Å². The van der Waals surface area contributed by atoms with Gasteiger partial charge in [0.2, 0.25) is 0 Å². The van der Waals surface area contributed by atoms with Crippen LogP contribution in [0.4, 0.5) is 5.69 Å². The first-order chi connectivity index (χ1) is 12.1. The number of benzene rings is 3. The van der Waals surface area contributed by atoms with Crippen molar-refractivity contribution in [1.82, 2.24) is 0 Å². The fourth-order valence-corrected chi connectivity index (χ4v) is 2.68. The van der Waals surface area contributed by atoms with E-state index < -0.39 is 4.92 Å². The number of nitro groups is 1. The zero-order valence-corrected chi connectivity index (χ0v) is 14.0. The van der Waals surface area contributed by atoms with Gasteiger partial charge in [0.15, 0.2) is 0 Å². The maximum atomic E-state index is 10.8. The molecule has 0 aliphatic heterocycles. The van der Waals surface area contributed by atoms with Gasteiger partial charge < -0.3 is 4.74 Å². The van der Waals surface area contributed by atoms with Crippen molar-refractivity contribution in [2.75, 3.05) is 6.61 Å². The molecule has 4 heteroatoms. The molecule has 0 radical (unpaired) electrons. The van der Waals surface area contributed by atoms with Crippen LogP contribution in [0.1, 0.15) is 11.1 Å². The van der Waals surface area contributed by atoms with Gasteiger partial charge in [-0.25, -0.2) is 0 Å². The van der Waals surface area contributed by atoms with E-state index in [1.165, 1.54) is 28.8 Å². The van der Waals surface area contributed by atoms with Crippen LogP contribution in [0, 0.1) is 17.0 Å². The van der Waals surface area contributed by atoms with Gasteiger partial charge in [-0.2, -0.15) is 0 Å². The Kier molecular flexibility index (Phi) is 5.09. The fraction of sp³-hybridized carbons (Fsp3) is 0.143. The van der Waals surface area contributed by atoms with Crippen LogP contribution in [-0.2, 0) is 6.42 Å². The number of rotatable bonds is 6. The Labute approximate surface area is 146 Å². The van der Waals surface area contributed by atoms with Gasteiger partial charge in [-0.3, -0.25) is 10.1 Å². The lowest BCUT2D eigenvalue weighted by molar-refractivity contribution is -0.384. The monoisotopic (exact) mass is 333 g/mol. The van der Waals surface area contributed by atoms with E-state index >= 15 is 0 Å². The second-order valence-electron chi connectivity index (χ2n) is 5.87. The highest BCUT2D eigenvalue weighted by molar-refractivity contribution is 5.63. The fourth-order valence-electron chi connectivity index (χ4n) is 2.68. The summed E-state index contributed by atoms with van der Waals surface area (Å²) in [5, 5.41) is 10.8. The highest BCUT2D eigenvalue weighted by atomic mass is 16.6. The molecule has 0 heterocycles. The van der Waals surface area contributed by atoms with Crippen molar-refractivity contribution < 1.29 is 9.66 Å². The van der Waals surface area contributed by atoms with Crippen molar-refractivity contribution in [1.29, 1.82) is 0 Å². The SMILES string of the molecule is Cc1cc([N+](=O)[O-])ccc1OCCc1ccc(-c2ccccc2)cc1. The summed E-state index contributed by atoms with van der Waals surface area (Å²) in [4.78, 5) is 10.4. The molecule has 0 N–H and O–H groups in total. The number of hydrogen-bond acceptors (Lipinski definition) is 3. The smallest absolute Gasteiger partial charge is 0.269 e. The van der Waals surface area contributed by atoms with Crippen LogP contribution in [0.2, 0.25) is 0 Å². The zero-order chi connectivity index (χ0) is 17.6. The highest BCUT2D eigenvalue weighted by Crippen LogP contribution is 2.24. The van der Waals surface area contributed by atoms with Crippen LogP contribution in [0.5, 0.6) is 5.75 Å². The van der Waals surface area contributed by atoms with Crippen LogP contribution in [0.25, 0.3) is 11.1 Å². The summed E-state index contributed by atoms with van der Waals surface area (Å²) < 4.78 is 5.77. The molecule has 0 unspecified atom stereocenters.